The van der Waals surface area contributed by atoms with Crippen molar-refractivity contribution in [3.63, 3.8) is 0 Å². The number of hydrogen-bond acceptors (Lipinski definition) is 6. The monoisotopic (exact) mass is 308 g/mol. The number of aryl methyl sites for hydroxylation is 1. The van der Waals surface area contributed by atoms with Gasteiger partial charge in [-0.3, -0.25) is 0 Å². The maximum absolute atomic E-state index is 9.92. The Morgan fingerprint density at radius 2 is 2.10 bits per heavy atom. The average molecular weight is 308 g/mol. The molecule has 2 aromatic rings. The second kappa shape index (κ2) is 7.97. The van der Waals surface area contributed by atoms with Crippen LogP contribution in [0.3, 0.4) is 0 Å². The first kappa shape index (κ1) is 15.8. The fourth-order valence-corrected chi connectivity index (χ4v) is 2.60. The summed E-state index contributed by atoms with van der Waals surface area (Å²) in [4.78, 5) is 5.34. The minimum Gasteiger partial charge on any atom is -0.493 e. The number of nitrogens with zero attached hydrogens (tertiary/aromatic N) is 1. The van der Waals surface area contributed by atoms with Crippen LogP contribution in [0, 0.1) is 6.92 Å². The molecule has 0 aliphatic rings. The molecule has 2 N–H and O–H groups in total. The molecule has 0 bridgehead atoms. The number of para-hydroxylation sites is 2. The van der Waals surface area contributed by atoms with Crippen LogP contribution in [0.1, 0.15) is 9.88 Å². The maximum Gasteiger partial charge on any atom is 0.161 e. The summed E-state index contributed by atoms with van der Waals surface area (Å²) in [5, 5.41) is 14.2. The van der Waals surface area contributed by atoms with E-state index in [2.05, 4.69) is 10.3 Å². The summed E-state index contributed by atoms with van der Waals surface area (Å²) in [5.74, 6) is 1.30. The van der Waals surface area contributed by atoms with E-state index in [9.17, 15) is 5.11 Å². The van der Waals surface area contributed by atoms with Gasteiger partial charge in [0.15, 0.2) is 11.5 Å². The summed E-state index contributed by atoms with van der Waals surface area (Å²) in [7, 11) is 1.59. The molecule has 2 rings (SSSR count). The largest absolute Gasteiger partial charge is 0.493 e. The van der Waals surface area contributed by atoms with E-state index in [0.29, 0.717) is 24.6 Å². The minimum absolute atomic E-state index is 0.217. The van der Waals surface area contributed by atoms with E-state index in [0.717, 1.165) is 9.88 Å². The van der Waals surface area contributed by atoms with E-state index < -0.39 is 6.10 Å². The maximum atomic E-state index is 9.92. The van der Waals surface area contributed by atoms with Crippen LogP contribution in [-0.2, 0) is 6.54 Å². The highest BCUT2D eigenvalue weighted by atomic mass is 32.1. The SMILES string of the molecule is COc1ccccc1OCC(O)CNCc1cnc(C)s1. The number of hydrogen-bond donors (Lipinski definition) is 2. The summed E-state index contributed by atoms with van der Waals surface area (Å²) in [5.41, 5.74) is 0. The third-order valence-corrected chi connectivity index (χ3v) is 3.76. The van der Waals surface area contributed by atoms with E-state index in [1.54, 1.807) is 18.4 Å². The van der Waals surface area contributed by atoms with E-state index in [-0.39, 0.29) is 6.61 Å². The third-order valence-electron chi connectivity index (χ3n) is 2.85. The standard InChI is InChI=1S/C15H20N2O3S/c1-11-17-9-13(21-11)8-16-7-12(18)10-20-15-6-4-3-5-14(15)19-2/h3-6,9,12,16,18H,7-8,10H2,1-2H3. The molecule has 0 saturated heterocycles. The van der Waals surface area contributed by atoms with E-state index in [1.165, 1.54) is 0 Å². The zero-order chi connectivity index (χ0) is 15.1. The molecule has 0 saturated carbocycles. The Kier molecular flexibility index (Phi) is 5.98. The van der Waals surface area contributed by atoms with Crippen molar-refractivity contribution >= 4 is 11.3 Å². The van der Waals surface area contributed by atoms with Crippen molar-refractivity contribution in [2.45, 2.75) is 19.6 Å². The summed E-state index contributed by atoms with van der Waals surface area (Å²) in [6, 6.07) is 7.39. The van der Waals surface area contributed by atoms with Crippen molar-refractivity contribution in [3.05, 3.63) is 40.3 Å². The van der Waals surface area contributed by atoms with Crippen molar-refractivity contribution in [3.8, 4) is 11.5 Å². The number of methoxy groups -OCH3 is 1. The molecule has 1 aromatic carbocycles. The Labute approximate surface area is 128 Å². The first-order valence-electron chi connectivity index (χ1n) is 6.75. The van der Waals surface area contributed by atoms with Gasteiger partial charge in [-0.15, -0.1) is 11.3 Å². The van der Waals surface area contributed by atoms with Crippen molar-refractivity contribution in [2.75, 3.05) is 20.3 Å². The Morgan fingerprint density at radius 3 is 2.76 bits per heavy atom. The molecule has 6 heteroatoms. The highest BCUT2D eigenvalue weighted by molar-refractivity contribution is 7.11. The van der Waals surface area contributed by atoms with Gasteiger partial charge in [-0.25, -0.2) is 4.98 Å². The predicted octanol–water partition coefficient (Wildman–Crippen LogP) is 1.99. The van der Waals surface area contributed by atoms with Crippen LogP contribution in [0.2, 0.25) is 0 Å². The first-order chi connectivity index (χ1) is 10.2. The minimum atomic E-state index is -0.580. The zero-order valence-electron chi connectivity index (χ0n) is 12.2. The van der Waals surface area contributed by atoms with Crippen LogP contribution in [0.25, 0.3) is 0 Å². The van der Waals surface area contributed by atoms with Crippen LogP contribution < -0.4 is 14.8 Å². The van der Waals surface area contributed by atoms with E-state index in [4.69, 9.17) is 9.47 Å². The number of aliphatic hydroxyl groups excluding tert-OH is 1. The molecule has 0 radical (unpaired) electrons. The lowest BCUT2D eigenvalue weighted by molar-refractivity contribution is 0.104. The molecule has 21 heavy (non-hydrogen) atoms. The summed E-state index contributed by atoms with van der Waals surface area (Å²) >= 11 is 1.65. The molecule has 1 aromatic heterocycles. The fourth-order valence-electron chi connectivity index (χ4n) is 1.83. The molecule has 0 aliphatic carbocycles. The quantitative estimate of drug-likeness (QED) is 0.781. The number of nitrogens with one attached hydrogen (secondary N) is 1. The normalized spacial score (nSPS) is 12.1. The summed E-state index contributed by atoms with van der Waals surface area (Å²) in [6.07, 6.45) is 1.27. The highest BCUT2D eigenvalue weighted by Crippen LogP contribution is 2.25. The van der Waals surface area contributed by atoms with Gasteiger partial charge in [-0.1, -0.05) is 12.1 Å². The van der Waals surface area contributed by atoms with Gasteiger partial charge < -0.3 is 19.9 Å². The van der Waals surface area contributed by atoms with Crippen molar-refractivity contribution < 1.29 is 14.6 Å². The smallest absolute Gasteiger partial charge is 0.161 e. The summed E-state index contributed by atoms with van der Waals surface area (Å²) in [6.45, 7) is 3.36. The molecule has 1 heterocycles. The van der Waals surface area contributed by atoms with Crippen LogP contribution in [-0.4, -0.2) is 36.5 Å². The van der Waals surface area contributed by atoms with Gasteiger partial charge >= 0.3 is 0 Å². The molecule has 0 aliphatic heterocycles. The van der Waals surface area contributed by atoms with Crippen LogP contribution in [0.15, 0.2) is 30.5 Å². The number of benzene rings is 1. The van der Waals surface area contributed by atoms with E-state index in [1.807, 2.05) is 37.4 Å². The summed E-state index contributed by atoms with van der Waals surface area (Å²) < 4.78 is 10.8. The predicted molar refractivity (Wildman–Crippen MR) is 83.1 cm³/mol. The lowest BCUT2D eigenvalue weighted by Crippen LogP contribution is -2.31. The zero-order valence-corrected chi connectivity index (χ0v) is 13.0. The molecule has 1 atom stereocenters. The molecule has 114 valence electrons. The molecular weight excluding hydrogens is 288 g/mol. The molecule has 0 fully saturated rings. The lowest BCUT2D eigenvalue weighted by Gasteiger charge is -2.14. The van der Waals surface area contributed by atoms with Gasteiger partial charge in [0.05, 0.1) is 12.1 Å². The van der Waals surface area contributed by atoms with Gasteiger partial charge in [0, 0.05) is 24.2 Å². The van der Waals surface area contributed by atoms with Crippen LogP contribution in [0.5, 0.6) is 11.5 Å². The Hall–Kier alpha value is -1.63. The molecular formula is C15H20N2O3S. The number of aliphatic hydroxyl groups is 1. The van der Waals surface area contributed by atoms with Gasteiger partial charge in [-0.05, 0) is 19.1 Å². The Morgan fingerprint density at radius 1 is 1.33 bits per heavy atom. The van der Waals surface area contributed by atoms with Crippen molar-refractivity contribution in [1.29, 1.82) is 0 Å². The van der Waals surface area contributed by atoms with Crippen molar-refractivity contribution in [2.24, 2.45) is 0 Å². The van der Waals surface area contributed by atoms with Gasteiger partial charge in [-0.2, -0.15) is 0 Å². The highest BCUT2D eigenvalue weighted by Gasteiger charge is 2.08. The van der Waals surface area contributed by atoms with Gasteiger partial charge in [0.1, 0.15) is 12.7 Å². The molecule has 5 nitrogen and oxygen atoms in total. The first-order valence-corrected chi connectivity index (χ1v) is 7.56. The lowest BCUT2D eigenvalue weighted by atomic mass is 10.3. The fraction of sp³-hybridized carbons (Fsp3) is 0.400. The second-order valence-corrected chi connectivity index (χ2v) is 5.91. The topological polar surface area (TPSA) is 63.6 Å². The molecule has 0 amide bonds. The van der Waals surface area contributed by atoms with Crippen LogP contribution in [0.4, 0.5) is 0 Å². The number of thiazole rings is 1. The number of ether oxygens (including phenoxy) is 2. The number of aromatic nitrogens is 1. The second-order valence-electron chi connectivity index (χ2n) is 4.59. The van der Waals surface area contributed by atoms with E-state index >= 15 is 0 Å². The van der Waals surface area contributed by atoms with Gasteiger partial charge in [0.25, 0.3) is 0 Å². The van der Waals surface area contributed by atoms with Gasteiger partial charge in [0.2, 0.25) is 0 Å². The Bertz CT molecular complexity index is 559. The average Bonchev–Trinajstić information content (AvgIpc) is 2.91. The molecule has 1 unspecified atom stereocenters. The van der Waals surface area contributed by atoms with Crippen molar-refractivity contribution in [1.82, 2.24) is 10.3 Å². The number of rotatable bonds is 8. The molecule has 0 spiro atoms. The Balaban J connectivity index is 1.71. The van der Waals surface area contributed by atoms with Crippen LogP contribution >= 0.6 is 11.3 Å². The third kappa shape index (κ3) is 5.00.